The van der Waals surface area contributed by atoms with Crippen molar-refractivity contribution < 1.29 is 10.0 Å². The SMILES string of the molecule is CC(C)(C)c1ccc(CNC(=O)C/C(N)=N/O)cc1. The molecule has 0 aliphatic heterocycles. The number of benzene rings is 1. The van der Waals surface area contributed by atoms with Crippen molar-refractivity contribution >= 4 is 11.7 Å². The molecule has 5 nitrogen and oxygen atoms in total. The molecule has 1 aromatic carbocycles. The van der Waals surface area contributed by atoms with Gasteiger partial charge in [-0.2, -0.15) is 0 Å². The molecular weight excluding hydrogens is 242 g/mol. The van der Waals surface area contributed by atoms with E-state index in [1.807, 2.05) is 12.1 Å². The monoisotopic (exact) mass is 263 g/mol. The predicted molar refractivity (Wildman–Crippen MR) is 75.0 cm³/mol. The quantitative estimate of drug-likeness (QED) is 0.334. The largest absolute Gasteiger partial charge is 0.409 e. The average molecular weight is 263 g/mol. The van der Waals surface area contributed by atoms with Crippen LogP contribution in [0.1, 0.15) is 38.3 Å². The number of amidine groups is 1. The number of carbonyl (C=O) groups excluding carboxylic acids is 1. The van der Waals surface area contributed by atoms with E-state index < -0.39 is 0 Å². The van der Waals surface area contributed by atoms with E-state index in [0.717, 1.165) is 5.56 Å². The van der Waals surface area contributed by atoms with Crippen LogP contribution >= 0.6 is 0 Å². The maximum absolute atomic E-state index is 11.4. The van der Waals surface area contributed by atoms with Crippen molar-refractivity contribution in [2.24, 2.45) is 10.9 Å². The summed E-state index contributed by atoms with van der Waals surface area (Å²) in [4.78, 5) is 11.4. The Hall–Kier alpha value is -2.04. The molecule has 0 saturated heterocycles. The van der Waals surface area contributed by atoms with Gasteiger partial charge in [0.1, 0.15) is 5.84 Å². The highest BCUT2D eigenvalue weighted by molar-refractivity contribution is 5.98. The number of amides is 1. The van der Waals surface area contributed by atoms with Crippen molar-refractivity contribution in [2.75, 3.05) is 0 Å². The summed E-state index contributed by atoms with van der Waals surface area (Å²) in [6.45, 7) is 6.89. The molecule has 0 atom stereocenters. The Morgan fingerprint density at radius 1 is 1.32 bits per heavy atom. The molecule has 1 aromatic rings. The molecule has 0 saturated carbocycles. The zero-order valence-electron chi connectivity index (χ0n) is 11.6. The van der Waals surface area contributed by atoms with Gasteiger partial charge in [-0.05, 0) is 16.5 Å². The van der Waals surface area contributed by atoms with Crippen LogP contribution in [0.2, 0.25) is 0 Å². The van der Waals surface area contributed by atoms with Gasteiger partial charge in [-0.1, -0.05) is 50.2 Å². The van der Waals surface area contributed by atoms with Gasteiger partial charge in [-0.25, -0.2) is 0 Å². The fourth-order valence-electron chi connectivity index (χ4n) is 1.59. The lowest BCUT2D eigenvalue weighted by Gasteiger charge is -2.19. The standard InChI is InChI=1S/C14H21N3O2/c1-14(2,3)11-6-4-10(5-7-11)9-16-13(18)8-12(15)17-19/h4-7,19H,8-9H2,1-3H3,(H2,15,17)(H,16,18). The topological polar surface area (TPSA) is 87.7 Å². The van der Waals surface area contributed by atoms with Crippen molar-refractivity contribution in [3.05, 3.63) is 35.4 Å². The summed E-state index contributed by atoms with van der Waals surface area (Å²) in [6.07, 6.45) is -0.101. The Labute approximate surface area is 113 Å². The van der Waals surface area contributed by atoms with E-state index in [9.17, 15) is 4.79 Å². The lowest BCUT2D eigenvalue weighted by molar-refractivity contribution is -0.120. The summed E-state index contributed by atoms with van der Waals surface area (Å²) in [5, 5.41) is 13.8. The van der Waals surface area contributed by atoms with E-state index in [1.54, 1.807) is 0 Å². The van der Waals surface area contributed by atoms with Gasteiger partial charge in [0.25, 0.3) is 0 Å². The lowest BCUT2D eigenvalue weighted by Crippen LogP contribution is -2.28. The second-order valence-electron chi connectivity index (χ2n) is 5.49. The first-order chi connectivity index (χ1) is 8.82. The van der Waals surface area contributed by atoms with E-state index in [2.05, 4.69) is 43.4 Å². The van der Waals surface area contributed by atoms with Gasteiger partial charge in [-0.15, -0.1) is 0 Å². The van der Waals surface area contributed by atoms with Gasteiger partial charge in [0.05, 0.1) is 6.42 Å². The first-order valence-electron chi connectivity index (χ1n) is 6.15. The van der Waals surface area contributed by atoms with Crippen molar-refractivity contribution in [1.29, 1.82) is 0 Å². The molecule has 0 heterocycles. The molecule has 1 rings (SSSR count). The molecule has 104 valence electrons. The molecule has 0 unspecified atom stereocenters. The van der Waals surface area contributed by atoms with Gasteiger partial charge in [0, 0.05) is 6.54 Å². The molecule has 0 bridgehead atoms. The van der Waals surface area contributed by atoms with Crippen LogP contribution < -0.4 is 11.1 Å². The number of nitrogens with two attached hydrogens (primary N) is 1. The summed E-state index contributed by atoms with van der Waals surface area (Å²) in [7, 11) is 0. The van der Waals surface area contributed by atoms with Crippen LogP contribution in [-0.4, -0.2) is 17.0 Å². The summed E-state index contributed by atoms with van der Waals surface area (Å²) >= 11 is 0. The van der Waals surface area contributed by atoms with Gasteiger partial charge in [0.2, 0.25) is 5.91 Å². The Kier molecular flexibility index (Phi) is 4.92. The van der Waals surface area contributed by atoms with Gasteiger partial charge in [-0.3, -0.25) is 4.79 Å². The molecule has 0 aliphatic rings. The fourth-order valence-corrected chi connectivity index (χ4v) is 1.59. The second kappa shape index (κ2) is 6.22. The van der Waals surface area contributed by atoms with E-state index in [-0.39, 0.29) is 23.6 Å². The smallest absolute Gasteiger partial charge is 0.227 e. The van der Waals surface area contributed by atoms with E-state index >= 15 is 0 Å². The maximum atomic E-state index is 11.4. The number of hydrogen-bond acceptors (Lipinski definition) is 3. The van der Waals surface area contributed by atoms with Crippen LogP contribution in [0.3, 0.4) is 0 Å². The highest BCUT2D eigenvalue weighted by Gasteiger charge is 2.12. The molecular formula is C14H21N3O2. The first-order valence-corrected chi connectivity index (χ1v) is 6.15. The zero-order chi connectivity index (χ0) is 14.5. The number of hydrogen-bond donors (Lipinski definition) is 3. The number of carbonyl (C=O) groups is 1. The van der Waals surface area contributed by atoms with E-state index in [4.69, 9.17) is 10.9 Å². The molecule has 5 heteroatoms. The molecule has 4 N–H and O–H groups in total. The number of oxime groups is 1. The molecule has 0 spiro atoms. The Bertz CT molecular complexity index is 459. The van der Waals surface area contributed by atoms with Crippen molar-refractivity contribution in [2.45, 2.75) is 39.2 Å². The van der Waals surface area contributed by atoms with Crippen LogP contribution in [0.15, 0.2) is 29.4 Å². The maximum Gasteiger partial charge on any atom is 0.227 e. The normalized spacial score (nSPS) is 12.3. The minimum absolute atomic E-state index is 0.0967. The van der Waals surface area contributed by atoms with Crippen molar-refractivity contribution in [3.63, 3.8) is 0 Å². The average Bonchev–Trinajstić information content (AvgIpc) is 2.35. The van der Waals surface area contributed by atoms with Crippen LogP contribution in [0.4, 0.5) is 0 Å². The number of nitrogens with one attached hydrogen (secondary N) is 1. The summed E-state index contributed by atoms with van der Waals surface area (Å²) in [5.41, 5.74) is 7.63. The van der Waals surface area contributed by atoms with Crippen molar-refractivity contribution in [1.82, 2.24) is 5.32 Å². The third-order valence-corrected chi connectivity index (χ3v) is 2.78. The molecule has 0 aromatic heterocycles. The first kappa shape index (κ1) is 15.0. The molecule has 0 radical (unpaired) electrons. The van der Waals surface area contributed by atoms with Crippen LogP contribution in [0.5, 0.6) is 0 Å². The van der Waals surface area contributed by atoms with E-state index in [1.165, 1.54) is 5.56 Å². The minimum atomic E-state index is -0.268. The highest BCUT2D eigenvalue weighted by atomic mass is 16.4. The fraction of sp³-hybridized carbons (Fsp3) is 0.429. The van der Waals surface area contributed by atoms with Crippen LogP contribution in [0.25, 0.3) is 0 Å². The summed E-state index contributed by atoms with van der Waals surface area (Å²) in [6, 6.07) is 8.10. The third kappa shape index (κ3) is 4.99. The third-order valence-electron chi connectivity index (χ3n) is 2.78. The van der Waals surface area contributed by atoms with Crippen LogP contribution in [0, 0.1) is 0 Å². The lowest BCUT2D eigenvalue weighted by atomic mass is 9.87. The summed E-state index contributed by atoms with van der Waals surface area (Å²) in [5.74, 6) is -0.365. The minimum Gasteiger partial charge on any atom is -0.409 e. The van der Waals surface area contributed by atoms with Crippen molar-refractivity contribution in [3.8, 4) is 0 Å². The molecule has 19 heavy (non-hydrogen) atoms. The predicted octanol–water partition coefficient (Wildman–Crippen LogP) is 1.74. The van der Waals surface area contributed by atoms with Crippen LogP contribution in [-0.2, 0) is 16.8 Å². The molecule has 1 amide bonds. The van der Waals surface area contributed by atoms with Gasteiger partial charge in [0.15, 0.2) is 0 Å². The second-order valence-corrected chi connectivity index (χ2v) is 5.49. The van der Waals surface area contributed by atoms with Gasteiger partial charge < -0.3 is 16.3 Å². The highest BCUT2D eigenvalue weighted by Crippen LogP contribution is 2.22. The molecule has 0 aliphatic carbocycles. The number of nitrogens with zero attached hydrogens (tertiary/aromatic N) is 1. The molecule has 0 fully saturated rings. The van der Waals surface area contributed by atoms with E-state index in [0.29, 0.717) is 6.54 Å². The Morgan fingerprint density at radius 2 is 1.89 bits per heavy atom. The number of rotatable bonds is 4. The summed E-state index contributed by atoms with van der Waals surface area (Å²) < 4.78 is 0. The Morgan fingerprint density at radius 3 is 2.37 bits per heavy atom. The zero-order valence-corrected chi connectivity index (χ0v) is 11.6. The Balaban J connectivity index is 2.53. The van der Waals surface area contributed by atoms with Gasteiger partial charge >= 0.3 is 0 Å².